The van der Waals surface area contributed by atoms with Crippen molar-refractivity contribution in [3.8, 4) is 5.75 Å². The van der Waals surface area contributed by atoms with Crippen LogP contribution < -0.4 is 15.4 Å². The van der Waals surface area contributed by atoms with Gasteiger partial charge in [-0.25, -0.2) is 0 Å². The van der Waals surface area contributed by atoms with E-state index in [1.54, 1.807) is 7.11 Å². The predicted octanol–water partition coefficient (Wildman–Crippen LogP) is 7.46. The van der Waals surface area contributed by atoms with Crippen molar-refractivity contribution in [2.24, 2.45) is 0 Å². The Balaban J connectivity index is 1.73. The maximum absolute atomic E-state index is 5.32. The molecule has 0 fully saturated rings. The summed E-state index contributed by atoms with van der Waals surface area (Å²) in [7, 11) is 1.68. The number of halogens is 1. The zero-order valence-corrected chi connectivity index (χ0v) is 18.9. The van der Waals surface area contributed by atoms with E-state index in [0.717, 1.165) is 21.6 Å². The summed E-state index contributed by atoms with van der Waals surface area (Å²) in [4.78, 5) is 0. The Morgan fingerprint density at radius 3 is 1.42 bits per heavy atom. The Kier molecular flexibility index (Phi) is 6.90. The minimum Gasteiger partial charge on any atom is -0.497 e. The largest absolute Gasteiger partial charge is 0.497 e. The molecule has 0 radical (unpaired) electrons. The molecule has 0 saturated heterocycles. The van der Waals surface area contributed by atoms with Gasteiger partial charge in [-0.2, -0.15) is 0 Å². The number of hydrogen-bond acceptors (Lipinski definition) is 3. The molecule has 0 amide bonds. The number of methoxy groups -OCH3 is 1. The zero-order valence-electron chi connectivity index (χ0n) is 17.3. The lowest BCUT2D eigenvalue weighted by molar-refractivity contribution is 0.415. The fourth-order valence-corrected chi connectivity index (χ4v) is 3.90. The molecule has 4 aromatic rings. The number of hydrogen-bond donors (Lipinski definition) is 2. The SMILES string of the molecule is COc1ccc(N[C@@H](c2ccccc2)[C@@H](Nc2ccc(Br)cc2)c2ccccc2)cc1. The van der Waals surface area contributed by atoms with Gasteiger partial charge in [-0.1, -0.05) is 76.6 Å². The summed E-state index contributed by atoms with van der Waals surface area (Å²) in [5, 5.41) is 7.51. The number of ether oxygens (including phenoxy) is 1. The molecular formula is C27H25BrN2O. The van der Waals surface area contributed by atoms with Crippen molar-refractivity contribution in [1.29, 1.82) is 0 Å². The van der Waals surface area contributed by atoms with Gasteiger partial charge in [-0.05, 0) is 59.7 Å². The van der Waals surface area contributed by atoms with E-state index in [0.29, 0.717) is 0 Å². The number of anilines is 2. The lowest BCUT2D eigenvalue weighted by Crippen LogP contribution is -2.25. The molecule has 0 aromatic heterocycles. The Bertz CT molecular complexity index is 1070. The van der Waals surface area contributed by atoms with Gasteiger partial charge in [0.2, 0.25) is 0 Å². The Hall–Kier alpha value is -3.24. The van der Waals surface area contributed by atoms with Crippen molar-refractivity contribution in [2.75, 3.05) is 17.7 Å². The number of benzene rings is 4. The summed E-state index contributed by atoms with van der Waals surface area (Å²) >= 11 is 3.53. The van der Waals surface area contributed by atoms with Gasteiger partial charge < -0.3 is 15.4 Å². The average Bonchev–Trinajstić information content (AvgIpc) is 2.84. The van der Waals surface area contributed by atoms with Crippen LogP contribution >= 0.6 is 15.9 Å². The highest BCUT2D eigenvalue weighted by atomic mass is 79.9. The molecule has 0 saturated carbocycles. The van der Waals surface area contributed by atoms with Gasteiger partial charge in [0.15, 0.2) is 0 Å². The van der Waals surface area contributed by atoms with Crippen molar-refractivity contribution in [3.63, 3.8) is 0 Å². The van der Waals surface area contributed by atoms with E-state index in [9.17, 15) is 0 Å². The molecule has 4 rings (SSSR count). The van der Waals surface area contributed by atoms with E-state index in [1.165, 1.54) is 11.1 Å². The lowest BCUT2D eigenvalue weighted by Gasteiger charge is -2.31. The molecule has 3 nitrogen and oxygen atoms in total. The van der Waals surface area contributed by atoms with E-state index >= 15 is 0 Å². The second-order valence-electron chi connectivity index (χ2n) is 7.30. The fourth-order valence-electron chi connectivity index (χ4n) is 3.63. The highest BCUT2D eigenvalue weighted by Gasteiger charge is 2.25. The van der Waals surface area contributed by atoms with Crippen molar-refractivity contribution >= 4 is 27.3 Å². The standard InChI is InChI=1S/C27H25BrN2O/c1-31-25-18-16-24(17-19-25)30-27(21-10-6-3-7-11-21)26(20-8-4-2-5-9-20)29-23-14-12-22(28)13-15-23/h2-19,26-27,29-30H,1H3/t26-,27-/m0/s1. The summed E-state index contributed by atoms with van der Waals surface area (Å²) in [5.74, 6) is 0.842. The monoisotopic (exact) mass is 472 g/mol. The predicted molar refractivity (Wildman–Crippen MR) is 133 cm³/mol. The first-order valence-corrected chi connectivity index (χ1v) is 11.0. The Morgan fingerprint density at radius 2 is 1.00 bits per heavy atom. The van der Waals surface area contributed by atoms with Gasteiger partial charge in [-0.15, -0.1) is 0 Å². The third kappa shape index (κ3) is 5.47. The average molecular weight is 473 g/mol. The summed E-state index contributed by atoms with van der Waals surface area (Å²) in [6, 6.07) is 37.5. The van der Waals surface area contributed by atoms with Crippen molar-refractivity contribution < 1.29 is 4.74 Å². The summed E-state index contributed by atoms with van der Waals surface area (Å²) in [5.41, 5.74) is 4.51. The van der Waals surface area contributed by atoms with Crippen LogP contribution in [0.15, 0.2) is 114 Å². The van der Waals surface area contributed by atoms with Crippen LogP contribution in [0, 0.1) is 0 Å². The van der Waals surface area contributed by atoms with Gasteiger partial charge in [0.25, 0.3) is 0 Å². The van der Waals surface area contributed by atoms with E-state index in [-0.39, 0.29) is 12.1 Å². The van der Waals surface area contributed by atoms with E-state index < -0.39 is 0 Å². The Morgan fingerprint density at radius 1 is 0.581 bits per heavy atom. The van der Waals surface area contributed by atoms with Gasteiger partial charge in [0, 0.05) is 15.8 Å². The minimum absolute atomic E-state index is 0.000594. The molecule has 0 aliphatic heterocycles. The fraction of sp³-hybridized carbons (Fsp3) is 0.111. The van der Waals surface area contributed by atoms with Crippen LogP contribution in [0.25, 0.3) is 0 Å². The van der Waals surface area contributed by atoms with Crippen LogP contribution in [-0.2, 0) is 0 Å². The van der Waals surface area contributed by atoms with Gasteiger partial charge >= 0.3 is 0 Å². The first kappa shape index (κ1) is 21.0. The third-order valence-electron chi connectivity index (χ3n) is 5.23. The van der Waals surface area contributed by atoms with Crippen LogP contribution in [0.4, 0.5) is 11.4 Å². The van der Waals surface area contributed by atoms with Crippen molar-refractivity contribution in [2.45, 2.75) is 12.1 Å². The maximum atomic E-state index is 5.32. The molecule has 0 aliphatic carbocycles. The van der Waals surface area contributed by atoms with Crippen LogP contribution in [-0.4, -0.2) is 7.11 Å². The molecule has 156 valence electrons. The van der Waals surface area contributed by atoms with Crippen LogP contribution in [0.1, 0.15) is 23.2 Å². The number of nitrogens with one attached hydrogen (secondary N) is 2. The normalized spacial score (nSPS) is 12.6. The molecule has 0 aliphatic rings. The second kappa shape index (κ2) is 10.2. The van der Waals surface area contributed by atoms with E-state index in [4.69, 9.17) is 4.74 Å². The molecule has 4 aromatic carbocycles. The van der Waals surface area contributed by atoms with Crippen LogP contribution in [0.2, 0.25) is 0 Å². The summed E-state index contributed by atoms with van der Waals surface area (Å²) in [6.45, 7) is 0. The molecule has 2 atom stereocenters. The first-order chi connectivity index (χ1) is 15.2. The molecule has 4 heteroatoms. The molecular weight excluding hydrogens is 448 g/mol. The smallest absolute Gasteiger partial charge is 0.119 e. The number of rotatable bonds is 8. The summed E-state index contributed by atoms with van der Waals surface area (Å²) < 4.78 is 6.38. The van der Waals surface area contributed by atoms with Crippen LogP contribution in [0.3, 0.4) is 0 Å². The quantitative estimate of drug-likeness (QED) is 0.279. The maximum Gasteiger partial charge on any atom is 0.119 e. The van der Waals surface area contributed by atoms with Crippen molar-refractivity contribution in [1.82, 2.24) is 0 Å². The highest BCUT2D eigenvalue weighted by molar-refractivity contribution is 9.10. The van der Waals surface area contributed by atoms with Gasteiger partial charge in [0.1, 0.15) is 5.75 Å². The zero-order chi connectivity index (χ0) is 21.5. The molecule has 0 spiro atoms. The van der Waals surface area contributed by atoms with Gasteiger partial charge in [-0.3, -0.25) is 0 Å². The van der Waals surface area contributed by atoms with Crippen LogP contribution in [0.5, 0.6) is 5.75 Å². The topological polar surface area (TPSA) is 33.3 Å². The first-order valence-electron chi connectivity index (χ1n) is 10.3. The second-order valence-corrected chi connectivity index (χ2v) is 8.22. The van der Waals surface area contributed by atoms with E-state index in [1.807, 2.05) is 18.2 Å². The minimum atomic E-state index is 0.000594. The lowest BCUT2D eigenvalue weighted by atomic mass is 9.92. The van der Waals surface area contributed by atoms with Gasteiger partial charge in [0.05, 0.1) is 19.2 Å². The molecule has 2 N–H and O–H groups in total. The molecule has 0 unspecified atom stereocenters. The third-order valence-corrected chi connectivity index (χ3v) is 5.76. The molecule has 0 heterocycles. The Labute approximate surface area is 192 Å². The molecule has 0 bridgehead atoms. The highest BCUT2D eigenvalue weighted by Crippen LogP contribution is 2.35. The summed E-state index contributed by atoms with van der Waals surface area (Å²) in [6.07, 6.45) is 0. The van der Waals surface area contributed by atoms with Crippen molar-refractivity contribution in [3.05, 3.63) is 125 Å². The van der Waals surface area contributed by atoms with E-state index in [2.05, 4.69) is 118 Å². The molecule has 31 heavy (non-hydrogen) atoms.